The van der Waals surface area contributed by atoms with Gasteiger partial charge in [0.05, 0.1) is 24.6 Å². The number of hydrogen-bond acceptors (Lipinski definition) is 3. The average Bonchev–Trinajstić information content (AvgIpc) is 2.77. The quantitative estimate of drug-likeness (QED) is 0.663. The van der Waals surface area contributed by atoms with Crippen LogP contribution in [0.2, 0.25) is 0 Å². The zero-order chi connectivity index (χ0) is 15.1. The Bertz CT molecular complexity index is 623. The number of halogens is 3. The number of amides is 2. The topological polar surface area (TPSA) is 58.6 Å². The molecule has 0 bridgehead atoms. The van der Waals surface area contributed by atoms with E-state index in [1.807, 2.05) is 0 Å². The van der Waals surface area contributed by atoms with E-state index in [1.54, 1.807) is 0 Å². The molecule has 5 nitrogen and oxygen atoms in total. The number of carbonyl (C=O) groups is 2. The predicted molar refractivity (Wildman–Crippen MR) is 63.6 cm³/mol. The van der Waals surface area contributed by atoms with Crippen LogP contribution >= 0.6 is 0 Å². The van der Waals surface area contributed by atoms with Crippen LogP contribution in [0.5, 0.6) is 0 Å². The summed E-state index contributed by atoms with van der Waals surface area (Å²) in [6.07, 6.45) is -0.319. The van der Waals surface area contributed by atoms with Crippen molar-refractivity contribution in [2.24, 2.45) is 0 Å². The van der Waals surface area contributed by atoms with Crippen molar-refractivity contribution in [2.75, 3.05) is 13.1 Å². The molecule has 0 aromatic heterocycles. The minimum atomic E-state index is -1.36. The van der Waals surface area contributed by atoms with Crippen molar-refractivity contribution in [3.8, 4) is 0 Å². The zero-order valence-corrected chi connectivity index (χ0v) is 10.7. The van der Waals surface area contributed by atoms with E-state index >= 15 is 0 Å². The molecule has 1 N–H and O–H groups in total. The van der Waals surface area contributed by atoms with E-state index < -0.39 is 35.0 Å². The number of rotatable bonds is 3. The molecule has 2 unspecified atom stereocenters. The van der Waals surface area contributed by atoms with Crippen molar-refractivity contribution in [1.82, 2.24) is 10.2 Å². The molecule has 2 heterocycles. The van der Waals surface area contributed by atoms with E-state index in [0.717, 1.165) is 0 Å². The van der Waals surface area contributed by atoms with Crippen LogP contribution in [0.25, 0.3) is 0 Å². The summed E-state index contributed by atoms with van der Waals surface area (Å²) in [4.78, 5) is 24.5. The van der Waals surface area contributed by atoms with Gasteiger partial charge in [0.2, 0.25) is 5.91 Å². The summed E-state index contributed by atoms with van der Waals surface area (Å²) in [6.45, 7) is 0.404. The van der Waals surface area contributed by atoms with Crippen molar-refractivity contribution in [3.05, 3.63) is 35.1 Å². The summed E-state index contributed by atoms with van der Waals surface area (Å²) in [5.41, 5.74) is -0.578. The molecule has 2 amide bonds. The van der Waals surface area contributed by atoms with Gasteiger partial charge in [0.1, 0.15) is 12.0 Å². The smallest absolute Gasteiger partial charge is 0.254 e. The Morgan fingerprint density at radius 1 is 1.29 bits per heavy atom. The van der Waals surface area contributed by atoms with E-state index in [-0.39, 0.29) is 18.7 Å². The Kier molecular flexibility index (Phi) is 3.32. The third-order valence-electron chi connectivity index (χ3n) is 3.51. The van der Waals surface area contributed by atoms with Gasteiger partial charge in [-0.25, -0.2) is 13.2 Å². The van der Waals surface area contributed by atoms with Crippen molar-refractivity contribution in [2.45, 2.75) is 18.8 Å². The van der Waals surface area contributed by atoms with Crippen LogP contribution in [0.15, 0.2) is 12.1 Å². The molecule has 2 aliphatic rings. The number of β-lactam (4-membered cyclic amide) rings is 1. The Labute approximate surface area is 117 Å². The van der Waals surface area contributed by atoms with Crippen molar-refractivity contribution >= 4 is 11.8 Å². The van der Waals surface area contributed by atoms with Gasteiger partial charge >= 0.3 is 0 Å². The molecule has 0 radical (unpaired) electrons. The molecular formula is C13H11F3N2O3. The maximum absolute atomic E-state index is 13.4. The Morgan fingerprint density at radius 2 is 2.00 bits per heavy atom. The molecule has 1 aromatic carbocycles. The second-order valence-corrected chi connectivity index (χ2v) is 4.92. The number of nitrogens with one attached hydrogen (secondary N) is 1. The first-order chi connectivity index (χ1) is 9.95. The summed E-state index contributed by atoms with van der Waals surface area (Å²) < 4.78 is 44.7. The summed E-state index contributed by atoms with van der Waals surface area (Å²) in [7, 11) is 0. The van der Waals surface area contributed by atoms with E-state index in [4.69, 9.17) is 4.74 Å². The van der Waals surface area contributed by atoms with Crippen molar-refractivity contribution in [3.63, 3.8) is 0 Å². The maximum Gasteiger partial charge on any atom is 0.254 e. The van der Waals surface area contributed by atoms with Crippen molar-refractivity contribution < 1.29 is 27.5 Å². The van der Waals surface area contributed by atoms with Crippen LogP contribution in [0.3, 0.4) is 0 Å². The fourth-order valence-corrected chi connectivity index (χ4v) is 2.36. The monoisotopic (exact) mass is 300 g/mol. The highest BCUT2D eigenvalue weighted by molar-refractivity contribution is 5.94. The van der Waals surface area contributed by atoms with Crippen LogP contribution in [0.4, 0.5) is 13.2 Å². The highest BCUT2D eigenvalue weighted by Gasteiger charge is 2.45. The predicted octanol–water partition coefficient (Wildman–Crippen LogP) is 0.791. The van der Waals surface area contributed by atoms with Gasteiger partial charge in [-0.05, 0) is 6.07 Å². The number of fused-ring (bicyclic) bond motifs is 1. The molecule has 0 spiro atoms. The Morgan fingerprint density at radius 3 is 2.67 bits per heavy atom. The van der Waals surface area contributed by atoms with Crippen LogP contribution < -0.4 is 5.32 Å². The van der Waals surface area contributed by atoms with E-state index in [9.17, 15) is 22.8 Å². The molecule has 112 valence electrons. The minimum absolute atomic E-state index is 0.0134. The Hall–Kier alpha value is -2.09. The molecule has 8 heteroatoms. The molecule has 3 rings (SSSR count). The average molecular weight is 300 g/mol. The molecule has 2 fully saturated rings. The number of carbonyl (C=O) groups excluding carboxylic acids is 2. The van der Waals surface area contributed by atoms with E-state index in [0.29, 0.717) is 25.1 Å². The number of ether oxygens (including phenoxy) is 1. The second kappa shape index (κ2) is 5.03. The van der Waals surface area contributed by atoms with Gasteiger partial charge in [-0.1, -0.05) is 0 Å². The molecule has 0 aliphatic carbocycles. The summed E-state index contributed by atoms with van der Waals surface area (Å²) in [6, 6.07) is 0.827. The van der Waals surface area contributed by atoms with E-state index in [2.05, 4.69) is 5.32 Å². The fraction of sp³-hybridized carbons (Fsp3) is 0.385. The SMILES string of the molecule is O=C(NCC1CN2C(=O)CC2O1)c1cc(F)c(F)cc1F. The molecular weight excluding hydrogens is 289 g/mol. The molecule has 2 atom stereocenters. The summed E-state index contributed by atoms with van der Waals surface area (Å²) >= 11 is 0. The lowest BCUT2D eigenvalue weighted by atomic mass is 10.1. The standard InChI is InChI=1S/C13H11F3N2O3/c14-8-2-10(16)9(15)1-7(8)13(20)17-4-6-5-18-11(19)3-12(18)21-6/h1-2,6,12H,3-5H2,(H,17,20). The first-order valence-corrected chi connectivity index (χ1v) is 6.33. The summed E-state index contributed by atoms with van der Waals surface area (Å²) in [5.74, 6) is -4.67. The van der Waals surface area contributed by atoms with Gasteiger partial charge in [-0.3, -0.25) is 9.59 Å². The maximum atomic E-state index is 13.4. The van der Waals surface area contributed by atoms with Crippen LogP contribution in [0, 0.1) is 17.5 Å². The van der Waals surface area contributed by atoms with Gasteiger partial charge in [0.25, 0.3) is 5.91 Å². The van der Waals surface area contributed by atoms with Crippen LogP contribution in [-0.2, 0) is 9.53 Å². The van der Waals surface area contributed by atoms with Crippen molar-refractivity contribution in [1.29, 1.82) is 0 Å². The highest BCUT2D eigenvalue weighted by atomic mass is 19.2. The first-order valence-electron chi connectivity index (χ1n) is 6.33. The number of hydrogen-bond donors (Lipinski definition) is 1. The molecule has 2 saturated heterocycles. The van der Waals surface area contributed by atoms with Gasteiger partial charge in [0.15, 0.2) is 11.6 Å². The lowest BCUT2D eigenvalue weighted by Gasteiger charge is -2.31. The largest absolute Gasteiger partial charge is 0.351 e. The molecule has 2 aliphatic heterocycles. The highest BCUT2D eigenvalue weighted by Crippen LogP contribution is 2.28. The minimum Gasteiger partial charge on any atom is -0.351 e. The Balaban J connectivity index is 1.60. The third-order valence-corrected chi connectivity index (χ3v) is 3.51. The van der Waals surface area contributed by atoms with E-state index in [1.165, 1.54) is 4.90 Å². The summed E-state index contributed by atoms with van der Waals surface area (Å²) in [5, 5.41) is 2.38. The normalized spacial score (nSPS) is 23.8. The molecule has 1 aromatic rings. The number of nitrogens with zero attached hydrogens (tertiary/aromatic N) is 1. The lowest BCUT2D eigenvalue weighted by Crippen LogP contribution is -2.48. The molecule has 21 heavy (non-hydrogen) atoms. The zero-order valence-electron chi connectivity index (χ0n) is 10.7. The first kappa shape index (κ1) is 13.9. The number of benzene rings is 1. The van der Waals surface area contributed by atoms with Gasteiger partial charge in [0, 0.05) is 12.6 Å². The molecule has 0 saturated carbocycles. The van der Waals surface area contributed by atoms with Gasteiger partial charge in [-0.15, -0.1) is 0 Å². The van der Waals surface area contributed by atoms with Crippen LogP contribution in [-0.4, -0.2) is 42.1 Å². The lowest BCUT2D eigenvalue weighted by molar-refractivity contribution is -0.156. The third kappa shape index (κ3) is 2.46. The van der Waals surface area contributed by atoms with Crippen LogP contribution in [0.1, 0.15) is 16.8 Å². The van der Waals surface area contributed by atoms with Gasteiger partial charge in [-0.2, -0.15) is 0 Å². The fourth-order valence-electron chi connectivity index (χ4n) is 2.36. The van der Waals surface area contributed by atoms with Gasteiger partial charge < -0.3 is 15.0 Å². The second-order valence-electron chi connectivity index (χ2n) is 4.92.